The third kappa shape index (κ3) is 3.44. The highest BCUT2D eigenvalue weighted by Crippen LogP contribution is 2.24. The van der Waals surface area contributed by atoms with Gasteiger partial charge in [0, 0.05) is 19.1 Å². The SMILES string of the molecule is CNC1CCC(OC2CCN(C)CC2)CC1. The number of hydrogen-bond donors (Lipinski definition) is 1. The lowest BCUT2D eigenvalue weighted by molar-refractivity contribution is -0.0558. The second-order valence-corrected chi connectivity index (χ2v) is 5.40. The summed E-state index contributed by atoms with van der Waals surface area (Å²) in [6, 6.07) is 0.734. The molecule has 1 aliphatic heterocycles. The van der Waals surface area contributed by atoms with Gasteiger partial charge in [-0.2, -0.15) is 0 Å². The molecule has 0 atom stereocenters. The number of nitrogens with zero attached hydrogens (tertiary/aromatic N) is 1. The van der Waals surface area contributed by atoms with Crippen LogP contribution < -0.4 is 5.32 Å². The summed E-state index contributed by atoms with van der Waals surface area (Å²) in [5.74, 6) is 0. The van der Waals surface area contributed by atoms with E-state index in [-0.39, 0.29) is 0 Å². The maximum atomic E-state index is 6.22. The molecule has 1 N–H and O–H groups in total. The van der Waals surface area contributed by atoms with Gasteiger partial charge < -0.3 is 15.0 Å². The molecule has 0 unspecified atom stereocenters. The highest BCUT2D eigenvalue weighted by molar-refractivity contribution is 4.78. The van der Waals surface area contributed by atoms with E-state index in [0.29, 0.717) is 12.2 Å². The fourth-order valence-corrected chi connectivity index (χ4v) is 2.88. The zero-order valence-electron chi connectivity index (χ0n) is 10.7. The maximum Gasteiger partial charge on any atom is 0.0603 e. The summed E-state index contributed by atoms with van der Waals surface area (Å²) in [5.41, 5.74) is 0. The van der Waals surface area contributed by atoms with Gasteiger partial charge >= 0.3 is 0 Å². The predicted molar refractivity (Wildman–Crippen MR) is 66.7 cm³/mol. The van der Waals surface area contributed by atoms with Crippen molar-refractivity contribution in [2.75, 3.05) is 27.2 Å². The molecule has 1 saturated carbocycles. The molecule has 16 heavy (non-hydrogen) atoms. The van der Waals surface area contributed by atoms with Crippen molar-refractivity contribution in [1.82, 2.24) is 10.2 Å². The molecular weight excluding hydrogens is 200 g/mol. The Kier molecular flexibility index (Phi) is 4.62. The normalized spacial score (nSPS) is 34.1. The fraction of sp³-hybridized carbons (Fsp3) is 1.00. The topological polar surface area (TPSA) is 24.5 Å². The number of ether oxygens (including phenoxy) is 1. The summed E-state index contributed by atoms with van der Waals surface area (Å²) < 4.78 is 6.22. The number of rotatable bonds is 3. The van der Waals surface area contributed by atoms with Crippen LogP contribution in [0.5, 0.6) is 0 Å². The van der Waals surface area contributed by atoms with Gasteiger partial charge in [-0.1, -0.05) is 0 Å². The van der Waals surface area contributed by atoms with Gasteiger partial charge in [-0.25, -0.2) is 0 Å². The molecule has 3 nitrogen and oxygen atoms in total. The summed E-state index contributed by atoms with van der Waals surface area (Å²) in [4.78, 5) is 2.40. The first-order chi connectivity index (χ1) is 7.78. The third-order valence-electron chi connectivity index (χ3n) is 4.13. The molecule has 0 radical (unpaired) electrons. The lowest BCUT2D eigenvalue weighted by Crippen LogP contribution is -2.38. The quantitative estimate of drug-likeness (QED) is 0.791. The monoisotopic (exact) mass is 226 g/mol. The Morgan fingerprint density at radius 2 is 1.50 bits per heavy atom. The lowest BCUT2D eigenvalue weighted by atomic mass is 9.92. The summed E-state index contributed by atoms with van der Waals surface area (Å²) in [6.07, 6.45) is 8.59. The Hall–Kier alpha value is -0.120. The number of piperidine rings is 1. The van der Waals surface area contributed by atoms with Gasteiger partial charge in [-0.3, -0.25) is 0 Å². The molecule has 0 bridgehead atoms. The first-order valence-corrected chi connectivity index (χ1v) is 6.79. The zero-order valence-corrected chi connectivity index (χ0v) is 10.7. The van der Waals surface area contributed by atoms with Crippen molar-refractivity contribution in [2.45, 2.75) is 56.8 Å². The molecule has 2 fully saturated rings. The van der Waals surface area contributed by atoms with Crippen molar-refractivity contribution in [3.05, 3.63) is 0 Å². The Morgan fingerprint density at radius 3 is 2.06 bits per heavy atom. The molecular formula is C13H26N2O. The number of likely N-dealkylation sites (tertiary alicyclic amines) is 1. The van der Waals surface area contributed by atoms with Gasteiger partial charge in [0.2, 0.25) is 0 Å². The summed E-state index contributed by atoms with van der Waals surface area (Å²) >= 11 is 0. The van der Waals surface area contributed by atoms with Crippen LogP contribution in [-0.2, 0) is 4.74 Å². The lowest BCUT2D eigenvalue weighted by Gasteiger charge is -2.34. The first kappa shape index (κ1) is 12.3. The van der Waals surface area contributed by atoms with Crippen LogP contribution in [0, 0.1) is 0 Å². The van der Waals surface area contributed by atoms with Crippen LogP contribution in [0.4, 0.5) is 0 Å². The van der Waals surface area contributed by atoms with Crippen molar-refractivity contribution in [1.29, 1.82) is 0 Å². The third-order valence-corrected chi connectivity index (χ3v) is 4.13. The van der Waals surface area contributed by atoms with Crippen LogP contribution in [0.15, 0.2) is 0 Å². The molecule has 0 amide bonds. The second kappa shape index (κ2) is 5.99. The van der Waals surface area contributed by atoms with E-state index in [0.717, 1.165) is 6.04 Å². The van der Waals surface area contributed by atoms with E-state index in [1.54, 1.807) is 0 Å². The molecule has 0 spiro atoms. The molecule has 0 aromatic carbocycles. The van der Waals surface area contributed by atoms with Gasteiger partial charge in [0.05, 0.1) is 12.2 Å². The van der Waals surface area contributed by atoms with E-state index in [4.69, 9.17) is 4.74 Å². The summed E-state index contributed by atoms with van der Waals surface area (Å²) in [7, 11) is 4.27. The number of nitrogens with one attached hydrogen (secondary N) is 1. The highest BCUT2D eigenvalue weighted by atomic mass is 16.5. The largest absolute Gasteiger partial charge is 0.375 e. The maximum absolute atomic E-state index is 6.22. The average molecular weight is 226 g/mol. The van der Waals surface area contributed by atoms with Crippen LogP contribution in [0.25, 0.3) is 0 Å². The Morgan fingerprint density at radius 1 is 0.938 bits per heavy atom. The first-order valence-electron chi connectivity index (χ1n) is 6.79. The van der Waals surface area contributed by atoms with Crippen LogP contribution in [-0.4, -0.2) is 50.3 Å². The fourth-order valence-electron chi connectivity index (χ4n) is 2.88. The van der Waals surface area contributed by atoms with Crippen molar-refractivity contribution < 1.29 is 4.74 Å². The van der Waals surface area contributed by atoms with Crippen molar-refractivity contribution in [2.24, 2.45) is 0 Å². The van der Waals surface area contributed by atoms with Crippen molar-refractivity contribution in [3.63, 3.8) is 0 Å². The van der Waals surface area contributed by atoms with Crippen LogP contribution in [0.3, 0.4) is 0 Å². The average Bonchev–Trinajstić information content (AvgIpc) is 2.33. The molecule has 3 heteroatoms. The predicted octanol–water partition coefficient (Wildman–Crippen LogP) is 1.63. The minimum absolute atomic E-state index is 0.535. The van der Waals surface area contributed by atoms with E-state index in [9.17, 15) is 0 Å². The van der Waals surface area contributed by atoms with Crippen LogP contribution in [0.2, 0.25) is 0 Å². The van der Waals surface area contributed by atoms with Gasteiger partial charge in [0.15, 0.2) is 0 Å². The van der Waals surface area contributed by atoms with Crippen molar-refractivity contribution in [3.8, 4) is 0 Å². The molecule has 94 valence electrons. The van der Waals surface area contributed by atoms with E-state index < -0.39 is 0 Å². The molecule has 1 saturated heterocycles. The molecule has 0 aromatic heterocycles. The second-order valence-electron chi connectivity index (χ2n) is 5.40. The Balaban J connectivity index is 1.66. The summed E-state index contributed by atoms with van der Waals surface area (Å²) in [5, 5.41) is 3.37. The van der Waals surface area contributed by atoms with Crippen molar-refractivity contribution >= 4 is 0 Å². The van der Waals surface area contributed by atoms with Gasteiger partial charge in [0.1, 0.15) is 0 Å². The molecule has 0 aromatic rings. The molecule has 1 heterocycles. The van der Waals surface area contributed by atoms with E-state index in [1.807, 2.05) is 0 Å². The molecule has 1 aliphatic carbocycles. The minimum atomic E-state index is 0.535. The van der Waals surface area contributed by atoms with Crippen LogP contribution >= 0.6 is 0 Å². The smallest absolute Gasteiger partial charge is 0.0603 e. The van der Waals surface area contributed by atoms with E-state index >= 15 is 0 Å². The van der Waals surface area contributed by atoms with Gasteiger partial charge in [-0.05, 0) is 52.6 Å². The molecule has 2 rings (SSSR count). The number of hydrogen-bond acceptors (Lipinski definition) is 3. The van der Waals surface area contributed by atoms with E-state index in [1.165, 1.54) is 51.6 Å². The highest BCUT2D eigenvalue weighted by Gasteiger charge is 2.25. The Bertz CT molecular complexity index is 194. The van der Waals surface area contributed by atoms with E-state index in [2.05, 4.69) is 24.3 Å². The van der Waals surface area contributed by atoms with Crippen LogP contribution in [0.1, 0.15) is 38.5 Å². The summed E-state index contributed by atoms with van der Waals surface area (Å²) in [6.45, 7) is 2.41. The standard InChI is InChI=1S/C13H26N2O/c1-14-11-3-5-12(6-4-11)16-13-7-9-15(2)10-8-13/h11-14H,3-10H2,1-2H3. The zero-order chi connectivity index (χ0) is 11.4. The van der Waals surface area contributed by atoms with Gasteiger partial charge in [-0.15, -0.1) is 0 Å². The molecule has 2 aliphatic rings. The Labute approximate surface area is 99.5 Å². The van der Waals surface area contributed by atoms with Gasteiger partial charge in [0.25, 0.3) is 0 Å². The minimum Gasteiger partial charge on any atom is -0.375 e.